The maximum atomic E-state index is 9.40. The van der Waals surface area contributed by atoms with Crippen molar-refractivity contribution < 1.29 is 30.4 Å². The minimum absolute atomic E-state index is 0.0380. The molecule has 0 bridgehead atoms. The van der Waals surface area contributed by atoms with E-state index >= 15 is 0 Å². The summed E-state index contributed by atoms with van der Waals surface area (Å²) in [6, 6.07) is 8.58. The number of carbonyl (C=O) groups is 1. The summed E-state index contributed by atoms with van der Waals surface area (Å²) < 4.78 is 30.9. The smallest absolute Gasteiger partial charge is 0.119 e. The molecule has 8 heteroatoms. The van der Waals surface area contributed by atoms with Gasteiger partial charge in [-0.15, -0.1) is 0 Å². The van der Waals surface area contributed by atoms with Crippen molar-refractivity contribution in [3.8, 4) is 0 Å². The summed E-state index contributed by atoms with van der Waals surface area (Å²) in [7, 11) is 0. The normalized spacial score (nSPS) is 15.7. The van der Waals surface area contributed by atoms with Crippen molar-refractivity contribution in [2.24, 2.45) is 0 Å². The summed E-state index contributed by atoms with van der Waals surface area (Å²) in [6.45, 7) is 2.31. The number of para-hydroxylation sites is 1. The summed E-state index contributed by atoms with van der Waals surface area (Å²) >= 11 is 0. The van der Waals surface area contributed by atoms with Crippen molar-refractivity contribution in [3.63, 3.8) is 0 Å². The van der Waals surface area contributed by atoms with E-state index in [1.807, 2.05) is 44.2 Å². The molecule has 0 aliphatic heterocycles. The Kier molecular flexibility index (Phi) is 20.1. The highest BCUT2D eigenvalue weighted by molar-refractivity contribution is 5.48. The van der Waals surface area contributed by atoms with Gasteiger partial charge >= 0.3 is 0 Å². The zero-order chi connectivity index (χ0) is 28.0. The molecular formula is C24H47N3O5. The Hall–Kier alpha value is -1.55. The molecule has 0 saturated heterocycles. The second-order valence-corrected chi connectivity index (χ2v) is 6.87. The van der Waals surface area contributed by atoms with Crippen LogP contribution in [0.1, 0.15) is 65.3 Å². The average Bonchev–Trinajstić information content (AvgIpc) is 2.88. The van der Waals surface area contributed by atoms with E-state index in [0.29, 0.717) is 19.3 Å². The van der Waals surface area contributed by atoms with Gasteiger partial charge in [0.1, 0.15) is 12.4 Å². The maximum Gasteiger partial charge on any atom is 0.119 e. The fourth-order valence-corrected chi connectivity index (χ4v) is 1.86. The van der Waals surface area contributed by atoms with Crippen LogP contribution in [0.15, 0.2) is 30.3 Å². The van der Waals surface area contributed by atoms with Crippen LogP contribution in [0.4, 0.5) is 5.69 Å². The molecule has 188 valence electrons. The lowest BCUT2D eigenvalue weighted by molar-refractivity contribution is -0.107. The summed E-state index contributed by atoms with van der Waals surface area (Å²) in [6.07, 6.45) is 4.24. The monoisotopic (exact) mass is 461 g/mol. The first-order valence-electron chi connectivity index (χ1n) is 13.3. The van der Waals surface area contributed by atoms with Crippen LogP contribution in [-0.2, 0) is 9.63 Å². The third-order valence-corrected chi connectivity index (χ3v) is 4.22. The molecule has 0 amide bonds. The number of carbonyl (C=O) groups excluding carboxylic acids is 1. The Labute approximate surface area is 200 Å². The van der Waals surface area contributed by atoms with Crippen LogP contribution in [0, 0.1) is 0 Å². The minimum atomic E-state index is -2.35. The third-order valence-electron chi connectivity index (χ3n) is 4.22. The van der Waals surface area contributed by atoms with Gasteiger partial charge in [0.2, 0.25) is 0 Å². The maximum absolute atomic E-state index is 9.40. The first-order chi connectivity index (χ1) is 17.0. The number of benzene rings is 1. The fourth-order valence-electron chi connectivity index (χ4n) is 1.86. The van der Waals surface area contributed by atoms with Crippen molar-refractivity contribution in [3.05, 3.63) is 30.3 Å². The number of hydrogen-bond donors (Lipinski definition) is 6. The molecule has 0 aliphatic rings. The van der Waals surface area contributed by atoms with E-state index in [1.165, 1.54) is 0 Å². The molecule has 0 spiro atoms. The number of rotatable bonds is 16. The number of hydrogen-bond acceptors (Lipinski definition) is 8. The highest BCUT2D eigenvalue weighted by Gasteiger charge is 2.05. The molecule has 0 fully saturated rings. The van der Waals surface area contributed by atoms with Crippen LogP contribution >= 0.6 is 0 Å². The van der Waals surface area contributed by atoms with Gasteiger partial charge in [0.05, 0.1) is 25.5 Å². The van der Waals surface area contributed by atoms with Crippen LogP contribution in [0.5, 0.6) is 0 Å². The Morgan fingerprint density at radius 1 is 0.906 bits per heavy atom. The quantitative estimate of drug-likeness (QED) is 0.164. The van der Waals surface area contributed by atoms with Crippen LogP contribution in [-0.4, -0.2) is 72.6 Å². The molecule has 1 rings (SSSR count). The van der Waals surface area contributed by atoms with Gasteiger partial charge in [-0.05, 0) is 37.8 Å². The molecule has 6 N–H and O–H groups in total. The first kappa shape index (κ1) is 25.1. The SMILES string of the molecule is CCCC=O.CC[C@H](CO)ONc1ccccc1.[2H]C([2H])(N[C@@H](CC)CO)C([2H])([2H])N[C@@H](CC)CO. The molecule has 0 heterocycles. The molecule has 0 radical (unpaired) electrons. The zero-order valence-electron chi connectivity index (χ0n) is 24.0. The van der Waals surface area contributed by atoms with Crippen molar-refractivity contribution in [1.29, 1.82) is 0 Å². The number of aldehydes is 1. The van der Waals surface area contributed by atoms with E-state index in [2.05, 4.69) is 16.1 Å². The molecule has 0 aliphatic carbocycles. The summed E-state index contributed by atoms with van der Waals surface area (Å²) in [5.74, 6) is 0. The minimum Gasteiger partial charge on any atom is -0.395 e. The highest BCUT2D eigenvalue weighted by Crippen LogP contribution is 2.06. The number of nitrogens with one attached hydrogen (secondary N) is 3. The lowest BCUT2D eigenvalue weighted by atomic mass is 10.2. The second-order valence-electron chi connectivity index (χ2n) is 6.87. The van der Waals surface area contributed by atoms with Gasteiger partial charge in [-0.2, -0.15) is 0 Å². The third kappa shape index (κ3) is 20.4. The fraction of sp³-hybridized carbons (Fsp3) is 0.708. The Bertz CT molecular complexity index is 609. The van der Waals surface area contributed by atoms with Crippen molar-refractivity contribution >= 4 is 12.0 Å². The predicted octanol–water partition coefficient (Wildman–Crippen LogP) is 2.49. The molecule has 0 aromatic heterocycles. The number of aliphatic hydroxyl groups is 3. The van der Waals surface area contributed by atoms with Crippen LogP contribution in [0.25, 0.3) is 0 Å². The van der Waals surface area contributed by atoms with Crippen molar-refractivity contribution in [2.75, 3.05) is 38.3 Å². The lowest BCUT2D eigenvalue weighted by Crippen LogP contribution is -2.40. The molecule has 0 unspecified atom stereocenters. The Morgan fingerprint density at radius 3 is 1.75 bits per heavy atom. The number of aliphatic hydroxyl groups excluding tert-OH is 3. The Morgan fingerprint density at radius 2 is 1.44 bits per heavy atom. The van der Waals surface area contributed by atoms with Crippen LogP contribution < -0.4 is 16.1 Å². The van der Waals surface area contributed by atoms with E-state index in [9.17, 15) is 4.79 Å². The van der Waals surface area contributed by atoms with E-state index in [4.69, 9.17) is 25.6 Å². The van der Waals surface area contributed by atoms with Crippen molar-refractivity contribution in [2.45, 2.75) is 78.0 Å². The molecule has 0 saturated carbocycles. The standard InChI is InChI=1S/C10H24N2O2.C10H15NO2.C4H8O/c1-3-9(7-13)11-5-6-12-10(4-2)8-14;1-2-10(8-12)13-11-9-6-4-3-5-7-9;1-2-3-4-5/h9-14H,3-8H2,1-2H3;3-7,10-12H,2,8H2,1H3;4H,2-3H2,1H3/t9-,10-;10-;/m01./s1/i5D2,6D2;;. The largest absolute Gasteiger partial charge is 0.395 e. The van der Waals surface area contributed by atoms with Gasteiger partial charge in [-0.25, -0.2) is 0 Å². The van der Waals surface area contributed by atoms with Gasteiger partial charge in [-0.3, -0.25) is 10.3 Å². The molecule has 8 nitrogen and oxygen atoms in total. The van der Waals surface area contributed by atoms with E-state index in [0.717, 1.165) is 24.8 Å². The van der Waals surface area contributed by atoms with Crippen LogP contribution in [0.2, 0.25) is 0 Å². The van der Waals surface area contributed by atoms with E-state index in [1.54, 1.807) is 13.8 Å². The molecule has 3 atom stereocenters. The second kappa shape index (κ2) is 25.7. The molecule has 1 aromatic carbocycles. The molecule has 1 aromatic rings. The topological polar surface area (TPSA) is 123 Å². The number of unbranched alkanes of at least 4 members (excludes halogenated alkanes) is 1. The first-order valence-corrected chi connectivity index (χ1v) is 11.3. The average molecular weight is 462 g/mol. The van der Waals surface area contributed by atoms with Gasteiger partial charge in [0.15, 0.2) is 0 Å². The van der Waals surface area contributed by atoms with E-state index in [-0.39, 0.29) is 25.9 Å². The van der Waals surface area contributed by atoms with Gasteiger partial charge in [0.25, 0.3) is 0 Å². The number of anilines is 1. The van der Waals surface area contributed by atoms with Gasteiger partial charge in [0, 0.05) is 37.0 Å². The summed E-state index contributed by atoms with van der Waals surface area (Å²) in [5.41, 5.74) is 3.68. The predicted molar refractivity (Wildman–Crippen MR) is 132 cm³/mol. The highest BCUT2D eigenvalue weighted by atomic mass is 16.7. The van der Waals surface area contributed by atoms with Crippen molar-refractivity contribution in [1.82, 2.24) is 10.6 Å². The summed E-state index contributed by atoms with van der Waals surface area (Å²) in [5, 5.41) is 31.8. The van der Waals surface area contributed by atoms with Gasteiger partial charge < -0.3 is 30.7 Å². The lowest BCUT2D eigenvalue weighted by Gasteiger charge is -2.17. The van der Waals surface area contributed by atoms with Crippen LogP contribution in [0.3, 0.4) is 0 Å². The summed E-state index contributed by atoms with van der Waals surface area (Å²) in [4.78, 5) is 14.6. The zero-order valence-corrected chi connectivity index (χ0v) is 20.0. The molecular weight excluding hydrogens is 410 g/mol. The van der Waals surface area contributed by atoms with E-state index < -0.39 is 25.1 Å². The molecule has 32 heavy (non-hydrogen) atoms. The van der Waals surface area contributed by atoms with Gasteiger partial charge in [-0.1, -0.05) is 45.9 Å². The Balaban J connectivity index is 0.